The van der Waals surface area contributed by atoms with Gasteiger partial charge < -0.3 is 19.5 Å². The molecular formula is C30H29IN2O4S. The lowest BCUT2D eigenvalue weighted by Gasteiger charge is -2.17. The maximum Gasteiger partial charge on any atom is 0.264 e. The molecule has 3 aromatic carbocycles. The van der Waals surface area contributed by atoms with Gasteiger partial charge in [-0.3, -0.25) is 4.79 Å². The van der Waals surface area contributed by atoms with Crippen molar-refractivity contribution in [1.82, 2.24) is 5.32 Å². The van der Waals surface area contributed by atoms with E-state index < -0.39 is 0 Å². The Bertz CT molecular complexity index is 1350. The quantitative estimate of drug-likeness (QED) is 0.136. The Hall–Kier alpha value is -3.24. The summed E-state index contributed by atoms with van der Waals surface area (Å²) < 4.78 is 18.9. The van der Waals surface area contributed by atoms with Crippen LogP contribution in [0, 0.1) is 3.57 Å². The van der Waals surface area contributed by atoms with Crippen LogP contribution in [0.3, 0.4) is 0 Å². The van der Waals surface area contributed by atoms with E-state index in [9.17, 15) is 4.79 Å². The molecule has 1 aliphatic heterocycles. The molecule has 3 aromatic rings. The SMILES string of the molecule is C=CCc1cc(/C=C2/SC(=Nc3ccc(OCC)cc3)NC2=O)cc(OCC)c1OCc1ccc(I)cc1. The molecule has 1 saturated heterocycles. The zero-order chi connectivity index (χ0) is 26.9. The van der Waals surface area contributed by atoms with E-state index in [1.165, 1.54) is 15.3 Å². The number of allylic oxidation sites excluding steroid dienone is 1. The van der Waals surface area contributed by atoms with Gasteiger partial charge in [0.05, 0.1) is 23.8 Å². The van der Waals surface area contributed by atoms with Gasteiger partial charge in [0.1, 0.15) is 12.4 Å². The molecule has 0 radical (unpaired) electrons. The Morgan fingerprint density at radius 3 is 2.42 bits per heavy atom. The molecule has 0 atom stereocenters. The van der Waals surface area contributed by atoms with Gasteiger partial charge in [-0.25, -0.2) is 4.99 Å². The summed E-state index contributed by atoms with van der Waals surface area (Å²) in [6.45, 7) is 9.30. The van der Waals surface area contributed by atoms with Crippen LogP contribution >= 0.6 is 34.4 Å². The summed E-state index contributed by atoms with van der Waals surface area (Å²) in [4.78, 5) is 17.8. The van der Waals surface area contributed by atoms with Gasteiger partial charge in [0.15, 0.2) is 16.7 Å². The molecule has 8 heteroatoms. The zero-order valence-electron chi connectivity index (χ0n) is 21.3. The van der Waals surface area contributed by atoms with Crippen molar-refractivity contribution in [2.24, 2.45) is 4.99 Å². The number of amides is 1. The normalized spacial score (nSPS) is 15.0. The minimum absolute atomic E-state index is 0.193. The van der Waals surface area contributed by atoms with Crippen LogP contribution in [-0.4, -0.2) is 24.3 Å². The Morgan fingerprint density at radius 2 is 1.74 bits per heavy atom. The minimum atomic E-state index is -0.193. The van der Waals surface area contributed by atoms with Crippen LogP contribution in [0.2, 0.25) is 0 Å². The number of hydrogen-bond donors (Lipinski definition) is 1. The molecule has 0 unspecified atom stereocenters. The number of hydrogen-bond acceptors (Lipinski definition) is 6. The molecule has 1 N–H and O–H groups in total. The largest absolute Gasteiger partial charge is 0.494 e. The van der Waals surface area contributed by atoms with Crippen molar-refractivity contribution in [2.45, 2.75) is 26.9 Å². The number of rotatable bonds is 11. The summed E-state index contributed by atoms with van der Waals surface area (Å²) in [6.07, 6.45) is 4.28. The van der Waals surface area contributed by atoms with Gasteiger partial charge in [0.25, 0.3) is 5.91 Å². The first-order chi connectivity index (χ1) is 18.5. The number of thioether (sulfide) groups is 1. The predicted octanol–water partition coefficient (Wildman–Crippen LogP) is 7.29. The molecule has 1 amide bonds. The van der Waals surface area contributed by atoms with Gasteiger partial charge in [-0.15, -0.1) is 6.58 Å². The van der Waals surface area contributed by atoms with Crippen LogP contribution in [0.15, 0.2) is 83.2 Å². The first-order valence-corrected chi connectivity index (χ1v) is 14.2. The molecule has 1 aliphatic rings. The van der Waals surface area contributed by atoms with E-state index in [0.29, 0.717) is 47.8 Å². The summed E-state index contributed by atoms with van der Waals surface area (Å²) in [5.74, 6) is 1.91. The van der Waals surface area contributed by atoms with Gasteiger partial charge in [0, 0.05) is 9.13 Å². The summed E-state index contributed by atoms with van der Waals surface area (Å²) in [7, 11) is 0. The number of aliphatic imine (C=N–C) groups is 1. The van der Waals surface area contributed by atoms with E-state index in [4.69, 9.17) is 14.2 Å². The van der Waals surface area contributed by atoms with Gasteiger partial charge in [0.2, 0.25) is 0 Å². The van der Waals surface area contributed by atoms with Crippen molar-refractivity contribution in [2.75, 3.05) is 13.2 Å². The maximum absolute atomic E-state index is 12.7. The zero-order valence-corrected chi connectivity index (χ0v) is 24.3. The number of carbonyl (C=O) groups excluding carboxylic acids is 1. The van der Waals surface area contributed by atoms with Crippen LogP contribution in [0.1, 0.15) is 30.5 Å². The van der Waals surface area contributed by atoms with Crippen LogP contribution in [0.4, 0.5) is 5.69 Å². The van der Waals surface area contributed by atoms with Crippen LogP contribution in [-0.2, 0) is 17.8 Å². The molecule has 1 heterocycles. The first kappa shape index (κ1) is 27.8. The fourth-order valence-electron chi connectivity index (χ4n) is 3.77. The number of amidine groups is 1. The lowest BCUT2D eigenvalue weighted by atomic mass is 10.0. The highest BCUT2D eigenvalue weighted by molar-refractivity contribution is 14.1. The Labute approximate surface area is 241 Å². The summed E-state index contributed by atoms with van der Waals surface area (Å²) in [6, 6.07) is 19.6. The average molecular weight is 641 g/mol. The van der Waals surface area contributed by atoms with Crippen molar-refractivity contribution in [1.29, 1.82) is 0 Å². The standard InChI is InChI=1S/C30H29IN2O4S/c1-4-7-22-16-21(17-26(36-6-3)28(22)37-19-20-8-10-23(31)11-9-20)18-27-29(34)33-30(38-27)32-24-12-14-25(15-13-24)35-5-2/h4,8-18H,1,5-7,19H2,2-3H3,(H,32,33,34)/b27-18+. The Morgan fingerprint density at radius 1 is 1.00 bits per heavy atom. The summed E-state index contributed by atoms with van der Waals surface area (Å²) >= 11 is 3.59. The molecule has 196 valence electrons. The third kappa shape index (κ3) is 7.41. The van der Waals surface area contributed by atoms with Gasteiger partial charge >= 0.3 is 0 Å². The van der Waals surface area contributed by atoms with Crippen LogP contribution in [0.5, 0.6) is 17.2 Å². The molecule has 6 nitrogen and oxygen atoms in total. The molecule has 1 fully saturated rings. The lowest BCUT2D eigenvalue weighted by molar-refractivity contribution is -0.115. The van der Waals surface area contributed by atoms with Gasteiger partial charge in [-0.2, -0.15) is 0 Å². The predicted molar refractivity (Wildman–Crippen MR) is 163 cm³/mol. The summed E-state index contributed by atoms with van der Waals surface area (Å²) in [5.41, 5.74) is 3.59. The van der Waals surface area contributed by atoms with E-state index in [1.54, 1.807) is 0 Å². The molecule has 0 spiro atoms. The Kier molecular flexibility index (Phi) is 9.89. The molecular weight excluding hydrogens is 611 g/mol. The second-order valence-corrected chi connectivity index (χ2v) is 10.5. The highest BCUT2D eigenvalue weighted by Gasteiger charge is 2.24. The van der Waals surface area contributed by atoms with Gasteiger partial charge in [-0.05, 0) is 120 Å². The smallest absolute Gasteiger partial charge is 0.264 e. The van der Waals surface area contributed by atoms with E-state index >= 15 is 0 Å². The van der Waals surface area contributed by atoms with Crippen molar-refractivity contribution in [3.8, 4) is 17.2 Å². The number of benzene rings is 3. The molecule has 0 bridgehead atoms. The fourth-order valence-corrected chi connectivity index (χ4v) is 4.97. The number of nitrogens with one attached hydrogen (secondary N) is 1. The van der Waals surface area contributed by atoms with Gasteiger partial charge in [-0.1, -0.05) is 18.2 Å². The third-order valence-electron chi connectivity index (χ3n) is 5.44. The van der Waals surface area contributed by atoms with Crippen molar-refractivity contribution < 1.29 is 19.0 Å². The van der Waals surface area contributed by atoms with Crippen molar-refractivity contribution >= 4 is 57.2 Å². The number of carbonyl (C=O) groups is 1. The maximum atomic E-state index is 12.7. The van der Waals surface area contributed by atoms with Crippen molar-refractivity contribution in [3.63, 3.8) is 0 Å². The van der Waals surface area contributed by atoms with E-state index in [1.807, 2.05) is 62.4 Å². The number of ether oxygens (including phenoxy) is 3. The monoisotopic (exact) mass is 640 g/mol. The third-order valence-corrected chi connectivity index (χ3v) is 7.07. The molecule has 4 rings (SSSR count). The van der Waals surface area contributed by atoms with Crippen LogP contribution < -0.4 is 19.5 Å². The first-order valence-electron chi connectivity index (χ1n) is 12.3. The van der Waals surface area contributed by atoms with E-state index in [0.717, 1.165) is 28.1 Å². The van der Waals surface area contributed by atoms with E-state index in [-0.39, 0.29) is 5.91 Å². The number of nitrogens with zero attached hydrogens (tertiary/aromatic N) is 1. The van der Waals surface area contributed by atoms with E-state index in [2.05, 4.69) is 63.7 Å². The molecule has 0 saturated carbocycles. The summed E-state index contributed by atoms with van der Waals surface area (Å²) in [5, 5.41) is 3.37. The second kappa shape index (κ2) is 13.5. The van der Waals surface area contributed by atoms with Crippen LogP contribution in [0.25, 0.3) is 6.08 Å². The Balaban J connectivity index is 1.58. The average Bonchev–Trinajstić information content (AvgIpc) is 3.24. The number of halogens is 1. The minimum Gasteiger partial charge on any atom is -0.494 e. The highest BCUT2D eigenvalue weighted by Crippen LogP contribution is 2.37. The second-order valence-electron chi connectivity index (χ2n) is 8.26. The van der Waals surface area contributed by atoms with Crippen molar-refractivity contribution in [3.05, 3.63) is 98.5 Å². The lowest BCUT2D eigenvalue weighted by Crippen LogP contribution is -2.19. The molecule has 0 aromatic heterocycles. The molecule has 0 aliphatic carbocycles. The highest BCUT2D eigenvalue weighted by atomic mass is 127. The molecule has 38 heavy (non-hydrogen) atoms. The fraction of sp³-hybridized carbons (Fsp3) is 0.200. The topological polar surface area (TPSA) is 69.2 Å².